The molecule has 1 aromatic carbocycles. The molecule has 2 N–H and O–H groups in total. The zero-order chi connectivity index (χ0) is 18.3. The molecular weight excluding hydrogens is 468 g/mol. The van der Waals surface area contributed by atoms with Gasteiger partial charge < -0.3 is 20.1 Å². The van der Waals surface area contributed by atoms with Crippen molar-refractivity contribution >= 4 is 41.7 Å². The molecule has 8 heteroatoms. The number of hydrogen-bond acceptors (Lipinski definition) is 4. The minimum absolute atomic E-state index is 0. The van der Waals surface area contributed by atoms with Crippen LogP contribution >= 0.6 is 35.7 Å². The quantitative estimate of drug-likeness (QED) is 0.358. The van der Waals surface area contributed by atoms with Crippen molar-refractivity contribution in [1.82, 2.24) is 10.6 Å². The molecule has 0 aromatic heterocycles. The van der Waals surface area contributed by atoms with Crippen molar-refractivity contribution in [2.24, 2.45) is 4.99 Å². The van der Waals surface area contributed by atoms with Crippen molar-refractivity contribution in [3.05, 3.63) is 29.6 Å². The molecule has 2 rings (SSSR count). The Hall–Kier alpha value is -0.740. The SMILES string of the molecule is CN=C(NCC1(SC)CCOCC1)NC(C)c1ccc(OC)c(F)c1.I. The van der Waals surface area contributed by atoms with Crippen LogP contribution in [-0.2, 0) is 4.74 Å². The molecule has 1 atom stereocenters. The van der Waals surface area contributed by atoms with Crippen LogP contribution in [0.25, 0.3) is 0 Å². The van der Waals surface area contributed by atoms with Crippen LogP contribution in [0.2, 0.25) is 0 Å². The maximum atomic E-state index is 13.9. The molecule has 0 radical (unpaired) electrons. The molecule has 1 aromatic rings. The molecule has 1 fully saturated rings. The van der Waals surface area contributed by atoms with Gasteiger partial charge in [-0.05, 0) is 43.7 Å². The van der Waals surface area contributed by atoms with E-state index in [2.05, 4.69) is 21.9 Å². The third kappa shape index (κ3) is 6.16. The smallest absolute Gasteiger partial charge is 0.191 e. The van der Waals surface area contributed by atoms with Crippen LogP contribution in [0, 0.1) is 5.82 Å². The molecule has 1 saturated heterocycles. The highest BCUT2D eigenvalue weighted by Gasteiger charge is 2.31. The number of hydrogen-bond donors (Lipinski definition) is 2. The number of nitrogens with zero attached hydrogens (tertiary/aromatic N) is 1. The van der Waals surface area contributed by atoms with Crippen LogP contribution in [0.15, 0.2) is 23.2 Å². The van der Waals surface area contributed by atoms with Gasteiger partial charge in [-0.1, -0.05) is 6.07 Å². The first-order valence-corrected chi connectivity index (χ1v) is 9.69. The van der Waals surface area contributed by atoms with Crippen molar-refractivity contribution in [3.8, 4) is 5.75 Å². The lowest BCUT2D eigenvalue weighted by Crippen LogP contribution is -2.48. The second-order valence-electron chi connectivity index (χ2n) is 6.19. The largest absolute Gasteiger partial charge is 0.494 e. The number of aliphatic imine (C=N–C) groups is 1. The van der Waals surface area contributed by atoms with E-state index in [-0.39, 0.29) is 46.3 Å². The third-order valence-corrected chi connectivity index (χ3v) is 6.09. The Morgan fingerprint density at radius 1 is 1.42 bits per heavy atom. The molecule has 0 amide bonds. The van der Waals surface area contributed by atoms with Crippen LogP contribution in [0.4, 0.5) is 4.39 Å². The van der Waals surface area contributed by atoms with E-state index in [1.54, 1.807) is 13.1 Å². The Balaban J connectivity index is 0.00000338. The summed E-state index contributed by atoms with van der Waals surface area (Å²) in [6, 6.07) is 4.91. The van der Waals surface area contributed by atoms with Gasteiger partial charge >= 0.3 is 0 Å². The Kier molecular flexibility index (Phi) is 10.0. The van der Waals surface area contributed by atoms with Gasteiger partial charge in [0, 0.05) is 31.6 Å². The lowest BCUT2D eigenvalue weighted by molar-refractivity contribution is 0.0782. The Bertz CT molecular complexity index is 598. The molecule has 0 spiro atoms. The Labute approximate surface area is 176 Å². The van der Waals surface area contributed by atoms with Gasteiger partial charge in [0.2, 0.25) is 0 Å². The van der Waals surface area contributed by atoms with Gasteiger partial charge in [0.25, 0.3) is 0 Å². The van der Waals surface area contributed by atoms with E-state index in [0.29, 0.717) is 5.96 Å². The van der Waals surface area contributed by atoms with Crippen LogP contribution in [0.5, 0.6) is 5.75 Å². The molecule has 5 nitrogen and oxygen atoms in total. The van der Waals surface area contributed by atoms with E-state index in [4.69, 9.17) is 9.47 Å². The first kappa shape index (κ1) is 23.3. The summed E-state index contributed by atoms with van der Waals surface area (Å²) in [7, 11) is 3.20. The number of ether oxygens (including phenoxy) is 2. The van der Waals surface area contributed by atoms with Crippen LogP contribution in [0.3, 0.4) is 0 Å². The number of benzene rings is 1. The normalized spacial score (nSPS) is 17.8. The fourth-order valence-corrected chi connectivity index (χ4v) is 3.67. The topological polar surface area (TPSA) is 54.9 Å². The minimum Gasteiger partial charge on any atom is -0.494 e. The predicted molar refractivity (Wildman–Crippen MR) is 118 cm³/mol. The summed E-state index contributed by atoms with van der Waals surface area (Å²) >= 11 is 1.88. The van der Waals surface area contributed by atoms with E-state index in [1.807, 2.05) is 24.8 Å². The van der Waals surface area contributed by atoms with Crippen molar-refractivity contribution in [2.45, 2.75) is 30.6 Å². The fraction of sp³-hybridized carbons (Fsp3) is 0.611. The Morgan fingerprint density at radius 2 is 2.12 bits per heavy atom. The fourth-order valence-electron chi connectivity index (χ4n) is 2.88. The summed E-state index contributed by atoms with van der Waals surface area (Å²) in [6.45, 7) is 4.40. The first-order valence-electron chi connectivity index (χ1n) is 8.47. The van der Waals surface area contributed by atoms with Gasteiger partial charge in [-0.15, -0.1) is 24.0 Å². The van der Waals surface area contributed by atoms with E-state index in [1.165, 1.54) is 13.2 Å². The maximum Gasteiger partial charge on any atom is 0.191 e. The molecular formula is C18H29FIN3O2S. The van der Waals surface area contributed by atoms with E-state index < -0.39 is 0 Å². The zero-order valence-corrected chi connectivity index (χ0v) is 18.9. The van der Waals surface area contributed by atoms with E-state index in [9.17, 15) is 4.39 Å². The lowest BCUT2D eigenvalue weighted by Gasteiger charge is -2.36. The molecule has 0 aliphatic carbocycles. The highest BCUT2D eigenvalue weighted by Crippen LogP contribution is 2.33. The Morgan fingerprint density at radius 3 is 2.65 bits per heavy atom. The monoisotopic (exact) mass is 497 g/mol. The first-order chi connectivity index (χ1) is 12.0. The molecule has 1 unspecified atom stereocenters. The average molecular weight is 497 g/mol. The highest BCUT2D eigenvalue weighted by molar-refractivity contribution is 14.0. The van der Waals surface area contributed by atoms with Gasteiger partial charge in [0.1, 0.15) is 0 Å². The predicted octanol–water partition coefficient (Wildman–Crippen LogP) is 3.59. The number of guanidine groups is 1. The van der Waals surface area contributed by atoms with Gasteiger partial charge in [0.05, 0.1) is 13.2 Å². The second kappa shape index (κ2) is 11.2. The molecule has 0 bridgehead atoms. The average Bonchev–Trinajstić information content (AvgIpc) is 2.65. The second-order valence-corrected chi connectivity index (χ2v) is 7.46. The van der Waals surface area contributed by atoms with Gasteiger partial charge in [0.15, 0.2) is 17.5 Å². The summed E-state index contributed by atoms with van der Waals surface area (Å²) in [4.78, 5) is 4.29. The van der Waals surface area contributed by atoms with Gasteiger partial charge in [-0.25, -0.2) is 4.39 Å². The van der Waals surface area contributed by atoms with Gasteiger partial charge in [-0.3, -0.25) is 4.99 Å². The zero-order valence-electron chi connectivity index (χ0n) is 15.8. The summed E-state index contributed by atoms with van der Waals surface area (Å²) in [5.41, 5.74) is 0.840. The summed E-state index contributed by atoms with van der Waals surface area (Å²) in [6.07, 6.45) is 4.20. The third-order valence-electron chi connectivity index (χ3n) is 4.67. The van der Waals surface area contributed by atoms with Crippen LogP contribution in [0.1, 0.15) is 31.4 Å². The summed E-state index contributed by atoms with van der Waals surface area (Å²) in [5.74, 6) is 0.601. The van der Waals surface area contributed by atoms with Gasteiger partial charge in [-0.2, -0.15) is 11.8 Å². The molecule has 0 saturated carbocycles. The number of nitrogens with one attached hydrogen (secondary N) is 2. The summed E-state index contributed by atoms with van der Waals surface area (Å²) in [5, 5.41) is 6.73. The molecule has 1 heterocycles. The maximum absolute atomic E-state index is 13.9. The number of thioether (sulfide) groups is 1. The van der Waals surface area contributed by atoms with Crippen molar-refractivity contribution in [2.75, 3.05) is 40.2 Å². The lowest BCUT2D eigenvalue weighted by atomic mass is 9.99. The standard InChI is InChI=1S/C18H28FN3O2S.HI/c1-13(14-5-6-16(23-3)15(19)11-14)22-17(20-2)21-12-18(25-4)7-9-24-10-8-18;/h5-6,11,13H,7-10,12H2,1-4H3,(H2,20,21,22);1H. The van der Waals surface area contributed by atoms with Crippen molar-refractivity contribution in [1.29, 1.82) is 0 Å². The minimum atomic E-state index is -0.361. The van der Waals surface area contributed by atoms with Crippen molar-refractivity contribution < 1.29 is 13.9 Å². The molecule has 1 aliphatic heterocycles. The summed E-state index contributed by atoms with van der Waals surface area (Å²) < 4.78 is 24.5. The number of methoxy groups -OCH3 is 1. The van der Waals surface area contributed by atoms with E-state index >= 15 is 0 Å². The van der Waals surface area contributed by atoms with E-state index in [0.717, 1.165) is 38.2 Å². The van der Waals surface area contributed by atoms with Crippen LogP contribution < -0.4 is 15.4 Å². The van der Waals surface area contributed by atoms with Crippen molar-refractivity contribution in [3.63, 3.8) is 0 Å². The highest BCUT2D eigenvalue weighted by atomic mass is 127. The molecule has 148 valence electrons. The van der Waals surface area contributed by atoms with Crippen LogP contribution in [-0.4, -0.2) is 50.9 Å². The number of halogens is 2. The molecule has 1 aliphatic rings. The molecule has 26 heavy (non-hydrogen) atoms. The number of rotatable bonds is 6.